The van der Waals surface area contributed by atoms with E-state index in [2.05, 4.69) is 58.1 Å². The van der Waals surface area contributed by atoms with Crippen LogP contribution in [0.5, 0.6) is 0 Å². The number of fused-ring (bicyclic) bond motifs is 1. The largest absolute Gasteiger partial charge is 0.342 e. The summed E-state index contributed by atoms with van der Waals surface area (Å²) in [6.07, 6.45) is 4.64. The second kappa shape index (κ2) is 8.40. The van der Waals surface area contributed by atoms with Crippen LogP contribution in [0.4, 0.5) is 0 Å². The van der Waals surface area contributed by atoms with E-state index in [0.717, 1.165) is 32.6 Å². The molecule has 2 aliphatic heterocycles. The smallest absolute Gasteiger partial charge is 0.222 e. The zero-order chi connectivity index (χ0) is 18.1. The normalized spacial score (nSPS) is 24.7. The molecule has 2 saturated heterocycles. The maximum absolute atomic E-state index is 12.7. The van der Waals surface area contributed by atoms with Crippen LogP contribution in [-0.4, -0.2) is 57.2 Å². The molecule has 2 aliphatic rings. The summed E-state index contributed by atoms with van der Waals surface area (Å²) in [5.74, 6) is 1.41. The molecule has 0 saturated carbocycles. The Morgan fingerprint density at radius 3 is 2.78 bits per heavy atom. The van der Waals surface area contributed by atoms with E-state index >= 15 is 0 Å². The summed E-state index contributed by atoms with van der Waals surface area (Å²) in [6, 6.07) is 9.10. The number of carbonyl (C=O) groups is 1. The highest BCUT2D eigenvalue weighted by Gasteiger charge is 2.47. The van der Waals surface area contributed by atoms with Crippen LogP contribution in [0.1, 0.15) is 30.0 Å². The van der Waals surface area contributed by atoms with Gasteiger partial charge in [-0.1, -0.05) is 24.3 Å². The fraction of sp³-hybridized carbons (Fsp3) is 0.550. The van der Waals surface area contributed by atoms with Gasteiger partial charge >= 0.3 is 0 Å². The lowest BCUT2D eigenvalue weighted by Gasteiger charge is -2.28. The van der Waals surface area contributed by atoms with Gasteiger partial charge in [-0.3, -0.25) is 14.4 Å². The van der Waals surface area contributed by atoms with E-state index in [0.29, 0.717) is 24.3 Å². The van der Waals surface area contributed by atoms with Gasteiger partial charge in [0.15, 0.2) is 0 Å². The predicted octanol–water partition coefficient (Wildman–Crippen LogP) is 2.55. The number of aromatic nitrogens is 3. The van der Waals surface area contributed by atoms with E-state index in [9.17, 15) is 4.79 Å². The van der Waals surface area contributed by atoms with Crippen molar-refractivity contribution in [3.63, 3.8) is 0 Å². The molecule has 2 aromatic rings. The molecular weight excluding hydrogens is 362 g/mol. The molecule has 1 aromatic heterocycles. The Morgan fingerprint density at radius 2 is 2.04 bits per heavy atom. The summed E-state index contributed by atoms with van der Waals surface area (Å²) in [5, 5.41) is 4.09. The van der Waals surface area contributed by atoms with Crippen molar-refractivity contribution in [3.05, 3.63) is 48.0 Å². The van der Waals surface area contributed by atoms with Crippen LogP contribution in [0.2, 0.25) is 0 Å². The quantitative estimate of drug-likeness (QED) is 0.788. The van der Waals surface area contributed by atoms with E-state index < -0.39 is 0 Å². The topological polar surface area (TPSA) is 54.3 Å². The van der Waals surface area contributed by atoms with Gasteiger partial charge in [0.25, 0.3) is 0 Å². The van der Waals surface area contributed by atoms with Gasteiger partial charge in [0.2, 0.25) is 5.91 Å². The third kappa shape index (κ3) is 4.01. The summed E-state index contributed by atoms with van der Waals surface area (Å²) < 4.78 is 1.79. The van der Waals surface area contributed by atoms with Gasteiger partial charge < -0.3 is 4.90 Å². The number of hydrogen-bond acceptors (Lipinski definition) is 4. The average Bonchev–Trinajstić information content (AvgIpc) is 3.32. The van der Waals surface area contributed by atoms with Crippen LogP contribution in [-0.2, 0) is 11.3 Å². The number of likely N-dealkylation sites (tertiary alicyclic amines) is 2. The molecule has 0 aliphatic carbocycles. The summed E-state index contributed by atoms with van der Waals surface area (Å²) >= 11 is 0. The Hall–Kier alpha value is -1.92. The number of halogens is 1. The van der Waals surface area contributed by atoms with Crippen molar-refractivity contribution in [1.82, 2.24) is 24.6 Å². The summed E-state index contributed by atoms with van der Waals surface area (Å²) in [6.45, 7) is 5.81. The molecule has 1 amide bonds. The van der Waals surface area contributed by atoms with Gasteiger partial charge in [-0.25, -0.2) is 4.98 Å². The average molecular weight is 390 g/mol. The van der Waals surface area contributed by atoms with Crippen LogP contribution in [0, 0.1) is 18.8 Å². The first-order chi connectivity index (χ1) is 12.6. The van der Waals surface area contributed by atoms with Crippen LogP contribution < -0.4 is 0 Å². The Labute approximate surface area is 167 Å². The fourth-order valence-corrected chi connectivity index (χ4v) is 4.75. The van der Waals surface area contributed by atoms with Gasteiger partial charge in [0, 0.05) is 44.6 Å². The highest BCUT2D eigenvalue weighted by Crippen LogP contribution is 2.44. The van der Waals surface area contributed by atoms with Gasteiger partial charge in [-0.05, 0) is 37.4 Å². The van der Waals surface area contributed by atoms with E-state index in [4.69, 9.17) is 0 Å². The number of carbonyl (C=O) groups excluding carboxylic acids is 1. The molecule has 0 spiro atoms. The molecule has 7 heteroatoms. The van der Waals surface area contributed by atoms with Crippen LogP contribution in [0.15, 0.2) is 36.9 Å². The molecular formula is C20H28ClN5O. The zero-order valence-corrected chi connectivity index (χ0v) is 16.8. The first kappa shape index (κ1) is 19.8. The highest BCUT2D eigenvalue weighted by molar-refractivity contribution is 5.85. The molecule has 0 bridgehead atoms. The molecule has 0 unspecified atom stereocenters. The van der Waals surface area contributed by atoms with Gasteiger partial charge in [0.05, 0.1) is 0 Å². The Morgan fingerprint density at radius 1 is 1.22 bits per heavy atom. The molecule has 3 heterocycles. The minimum absolute atomic E-state index is 0. The standard InChI is InChI=1S/C20H27N5O.ClH/c1-15-6-3-4-7-17(15)20-18-12-24(11-16(18)10-23(20)2)19(26)8-5-9-25-14-21-13-22-25;/h3-4,6-7,13-14,16,18,20H,5,8-12H2,1-2H3;1H/t16-,18+,20+;/m0./s1. The summed E-state index contributed by atoms with van der Waals surface area (Å²) in [5.41, 5.74) is 2.77. The van der Waals surface area contributed by atoms with Crippen molar-refractivity contribution in [2.45, 2.75) is 32.4 Å². The fourth-order valence-electron chi connectivity index (χ4n) is 4.75. The number of hydrogen-bond donors (Lipinski definition) is 0. The lowest BCUT2D eigenvalue weighted by molar-refractivity contribution is -0.130. The van der Waals surface area contributed by atoms with E-state index in [1.807, 2.05) is 0 Å². The van der Waals surface area contributed by atoms with E-state index in [1.54, 1.807) is 11.0 Å². The monoisotopic (exact) mass is 389 g/mol. The van der Waals surface area contributed by atoms with Crippen molar-refractivity contribution in [3.8, 4) is 0 Å². The van der Waals surface area contributed by atoms with Crippen molar-refractivity contribution in [2.75, 3.05) is 26.7 Å². The predicted molar refractivity (Wildman–Crippen MR) is 107 cm³/mol. The Balaban J connectivity index is 0.00000210. The van der Waals surface area contributed by atoms with Crippen molar-refractivity contribution >= 4 is 18.3 Å². The number of nitrogens with zero attached hydrogens (tertiary/aromatic N) is 5. The molecule has 146 valence electrons. The van der Waals surface area contributed by atoms with Crippen LogP contribution in [0.3, 0.4) is 0 Å². The number of rotatable bonds is 5. The lowest BCUT2D eigenvalue weighted by Crippen LogP contribution is -2.33. The van der Waals surface area contributed by atoms with Gasteiger partial charge in [-0.2, -0.15) is 5.10 Å². The zero-order valence-electron chi connectivity index (χ0n) is 16.0. The summed E-state index contributed by atoms with van der Waals surface area (Å²) in [4.78, 5) is 21.2. The molecule has 4 rings (SSSR count). The maximum Gasteiger partial charge on any atom is 0.222 e. The van der Waals surface area contributed by atoms with Crippen molar-refractivity contribution in [2.24, 2.45) is 11.8 Å². The Kier molecular flexibility index (Phi) is 6.17. The minimum Gasteiger partial charge on any atom is -0.342 e. The minimum atomic E-state index is 0. The van der Waals surface area contributed by atoms with Crippen molar-refractivity contribution < 1.29 is 4.79 Å². The lowest BCUT2D eigenvalue weighted by atomic mass is 9.88. The SMILES string of the molecule is Cc1ccccc1[C@@H]1[C@@H]2CN(C(=O)CCCn3cncn3)C[C@@H]2CN1C.Cl. The van der Waals surface area contributed by atoms with Crippen molar-refractivity contribution in [1.29, 1.82) is 0 Å². The van der Waals surface area contributed by atoms with Crippen LogP contribution in [0.25, 0.3) is 0 Å². The molecule has 0 radical (unpaired) electrons. The van der Waals surface area contributed by atoms with Crippen LogP contribution >= 0.6 is 12.4 Å². The van der Waals surface area contributed by atoms with E-state index in [-0.39, 0.29) is 18.3 Å². The molecule has 1 aromatic carbocycles. The summed E-state index contributed by atoms with van der Waals surface area (Å²) in [7, 11) is 2.22. The Bertz CT molecular complexity index is 765. The molecule has 3 atom stereocenters. The first-order valence-corrected chi connectivity index (χ1v) is 9.49. The molecule has 6 nitrogen and oxygen atoms in total. The number of aryl methyl sites for hydroxylation is 2. The first-order valence-electron chi connectivity index (χ1n) is 9.49. The second-order valence-corrected chi connectivity index (χ2v) is 7.73. The molecule has 27 heavy (non-hydrogen) atoms. The second-order valence-electron chi connectivity index (χ2n) is 7.73. The third-order valence-electron chi connectivity index (χ3n) is 6.00. The van der Waals surface area contributed by atoms with Gasteiger partial charge in [-0.15, -0.1) is 12.4 Å². The molecule has 0 N–H and O–H groups in total. The number of amides is 1. The van der Waals surface area contributed by atoms with E-state index in [1.165, 1.54) is 17.5 Å². The maximum atomic E-state index is 12.7. The molecule has 2 fully saturated rings. The number of benzene rings is 1. The third-order valence-corrected chi connectivity index (χ3v) is 6.00. The van der Waals surface area contributed by atoms with Gasteiger partial charge in [0.1, 0.15) is 12.7 Å². The highest BCUT2D eigenvalue weighted by atomic mass is 35.5.